The molecule has 28 heavy (non-hydrogen) atoms. The third-order valence-corrected chi connectivity index (χ3v) is 10.4. The van der Waals surface area contributed by atoms with Gasteiger partial charge in [-0.05, 0) is 36.2 Å². The van der Waals surface area contributed by atoms with Gasteiger partial charge >= 0.3 is 0 Å². The summed E-state index contributed by atoms with van der Waals surface area (Å²) in [6.07, 6.45) is 0. The first-order valence-electron chi connectivity index (χ1n) is 9.96. The number of hydrogen-bond acceptors (Lipinski definition) is 3. The van der Waals surface area contributed by atoms with Crippen LogP contribution in [0.3, 0.4) is 0 Å². The van der Waals surface area contributed by atoms with Crippen LogP contribution < -0.4 is 10.4 Å². The summed E-state index contributed by atoms with van der Waals surface area (Å²) < 4.78 is 18.8. The Balaban J connectivity index is 2.00. The highest BCUT2D eigenvalue weighted by Gasteiger charge is 2.51. The number of rotatable bonds is 5. The lowest BCUT2D eigenvalue weighted by Crippen LogP contribution is -2.67. The predicted octanol–water partition coefficient (Wildman–Crippen LogP) is 4.17. The highest BCUT2D eigenvalue weighted by atomic mass is 28.4. The third-order valence-electron chi connectivity index (χ3n) is 5.46. The maximum absolute atomic E-state index is 6.99. The topological polar surface area (TPSA) is 27.7 Å². The van der Waals surface area contributed by atoms with Gasteiger partial charge in [0.2, 0.25) is 0 Å². The average Bonchev–Trinajstić information content (AvgIpc) is 2.66. The lowest BCUT2D eigenvalue weighted by atomic mass is 9.93. The van der Waals surface area contributed by atoms with Crippen LogP contribution in [0.2, 0.25) is 5.04 Å². The fourth-order valence-corrected chi connectivity index (χ4v) is 8.52. The Hall–Kier alpha value is -1.46. The molecule has 2 aromatic rings. The fourth-order valence-electron chi connectivity index (χ4n) is 3.84. The standard InChI is InChI=1S/C24H33O3Si/c1-22(2,3)28(20-13-9-7-10-14-20,21-15-11-8-12-16-21)27-19-24(6)17-25-23(4,5)26-18-24/h7-16H,6,17-19H2,1-5H3. The summed E-state index contributed by atoms with van der Waals surface area (Å²) in [5.74, 6) is -0.557. The van der Waals surface area contributed by atoms with E-state index in [1.807, 2.05) is 13.8 Å². The molecule has 1 radical (unpaired) electrons. The first-order valence-corrected chi connectivity index (χ1v) is 11.9. The van der Waals surface area contributed by atoms with Gasteiger partial charge in [-0.1, -0.05) is 81.4 Å². The predicted molar refractivity (Wildman–Crippen MR) is 117 cm³/mol. The molecule has 0 aliphatic carbocycles. The van der Waals surface area contributed by atoms with Crippen molar-refractivity contribution in [3.05, 3.63) is 67.6 Å². The van der Waals surface area contributed by atoms with Crippen LogP contribution in [0.1, 0.15) is 34.6 Å². The van der Waals surface area contributed by atoms with E-state index in [1.165, 1.54) is 10.4 Å². The van der Waals surface area contributed by atoms with E-state index < -0.39 is 19.5 Å². The monoisotopic (exact) mass is 397 g/mol. The molecule has 0 aromatic heterocycles. The SMILES string of the molecule is [CH2]C1(CO[Si](c2ccccc2)(c2ccccc2)C(C)(C)C)COC(C)(C)OC1. The summed E-state index contributed by atoms with van der Waals surface area (Å²) in [5, 5.41) is 2.49. The summed E-state index contributed by atoms with van der Waals surface area (Å²) in [6.45, 7) is 16.7. The van der Waals surface area contributed by atoms with Crippen molar-refractivity contribution >= 4 is 18.7 Å². The van der Waals surface area contributed by atoms with Crippen molar-refractivity contribution < 1.29 is 13.9 Å². The van der Waals surface area contributed by atoms with Crippen molar-refractivity contribution in [1.82, 2.24) is 0 Å². The minimum atomic E-state index is -2.57. The van der Waals surface area contributed by atoms with Crippen molar-refractivity contribution in [1.29, 1.82) is 0 Å². The van der Waals surface area contributed by atoms with Gasteiger partial charge in [-0.2, -0.15) is 0 Å². The van der Waals surface area contributed by atoms with Crippen LogP contribution in [0.25, 0.3) is 0 Å². The van der Waals surface area contributed by atoms with E-state index in [0.717, 1.165) is 0 Å². The van der Waals surface area contributed by atoms with Crippen LogP contribution >= 0.6 is 0 Å². The van der Waals surface area contributed by atoms with E-state index in [-0.39, 0.29) is 5.04 Å². The summed E-state index contributed by atoms with van der Waals surface area (Å²) in [7, 11) is -2.57. The van der Waals surface area contributed by atoms with Crippen molar-refractivity contribution in [3.8, 4) is 0 Å². The van der Waals surface area contributed by atoms with Crippen LogP contribution in [-0.4, -0.2) is 33.9 Å². The van der Waals surface area contributed by atoms with Crippen LogP contribution in [0, 0.1) is 12.3 Å². The summed E-state index contributed by atoms with van der Waals surface area (Å²) in [5.41, 5.74) is -0.414. The van der Waals surface area contributed by atoms with Gasteiger partial charge in [0.25, 0.3) is 8.32 Å². The zero-order chi connectivity index (χ0) is 20.5. The lowest BCUT2D eigenvalue weighted by molar-refractivity contribution is -0.280. The van der Waals surface area contributed by atoms with Gasteiger partial charge in [0.1, 0.15) is 0 Å². The zero-order valence-electron chi connectivity index (χ0n) is 17.8. The van der Waals surface area contributed by atoms with E-state index in [9.17, 15) is 0 Å². The molecule has 4 heteroatoms. The molecule has 0 bridgehead atoms. The van der Waals surface area contributed by atoms with Crippen LogP contribution in [0.15, 0.2) is 60.7 Å². The van der Waals surface area contributed by atoms with Crippen molar-refractivity contribution in [3.63, 3.8) is 0 Å². The Morgan fingerprint density at radius 3 is 1.71 bits per heavy atom. The van der Waals surface area contributed by atoms with E-state index in [2.05, 4.69) is 88.4 Å². The molecule has 1 heterocycles. The molecule has 0 saturated carbocycles. The normalized spacial score (nSPS) is 19.4. The zero-order valence-corrected chi connectivity index (χ0v) is 18.8. The Kier molecular flexibility index (Phi) is 5.88. The van der Waals surface area contributed by atoms with Crippen molar-refractivity contribution in [2.75, 3.05) is 19.8 Å². The van der Waals surface area contributed by atoms with Gasteiger partial charge in [-0.15, -0.1) is 0 Å². The Labute approximate surface area is 171 Å². The van der Waals surface area contributed by atoms with Gasteiger partial charge in [0.15, 0.2) is 5.79 Å². The maximum Gasteiger partial charge on any atom is 0.261 e. The molecule has 0 spiro atoms. The van der Waals surface area contributed by atoms with Gasteiger partial charge in [0.05, 0.1) is 13.2 Å². The van der Waals surface area contributed by atoms with Crippen LogP contribution in [0.4, 0.5) is 0 Å². The third kappa shape index (κ3) is 4.25. The molecule has 0 amide bonds. The Morgan fingerprint density at radius 2 is 1.32 bits per heavy atom. The molecule has 2 aromatic carbocycles. The molecule has 1 aliphatic heterocycles. The molecule has 0 N–H and O–H groups in total. The molecular weight excluding hydrogens is 364 g/mol. The number of ether oxygens (including phenoxy) is 2. The molecule has 1 saturated heterocycles. The fraction of sp³-hybridized carbons (Fsp3) is 0.458. The van der Waals surface area contributed by atoms with E-state index in [0.29, 0.717) is 19.8 Å². The second-order valence-electron chi connectivity index (χ2n) is 9.43. The summed E-state index contributed by atoms with van der Waals surface area (Å²) in [4.78, 5) is 0. The Morgan fingerprint density at radius 1 is 0.893 bits per heavy atom. The van der Waals surface area contributed by atoms with Crippen LogP contribution in [-0.2, 0) is 13.9 Å². The van der Waals surface area contributed by atoms with Crippen LogP contribution in [0.5, 0.6) is 0 Å². The highest BCUT2D eigenvalue weighted by molar-refractivity contribution is 6.99. The molecule has 3 nitrogen and oxygen atoms in total. The van der Waals surface area contributed by atoms with Crippen molar-refractivity contribution in [2.24, 2.45) is 5.41 Å². The molecule has 3 rings (SSSR count). The summed E-state index contributed by atoms with van der Waals surface area (Å²) in [6, 6.07) is 21.3. The van der Waals surface area contributed by atoms with Gasteiger partial charge in [-0.25, -0.2) is 0 Å². The first kappa shape index (κ1) is 21.3. The van der Waals surface area contributed by atoms with E-state index in [4.69, 9.17) is 13.9 Å². The largest absolute Gasteiger partial charge is 0.407 e. The number of benzene rings is 2. The molecule has 0 unspecified atom stereocenters. The van der Waals surface area contributed by atoms with E-state index in [1.54, 1.807) is 0 Å². The molecule has 1 fully saturated rings. The minimum absolute atomic E-state index is 0.0539. The lowest BCUT2D eigenvalue weighted by Gasteiger charge is -2.47. The quantitative estimate of drug-likeness (QED) is 0.709. The minimum Gasteiger partial charge on any atom is -0.407 e. The van der Waals surface area contributed by atoms with Gasteiger partial charge < -0.3 is 13.9 Å². The first-order chi connectivity index (χ1) is 13.1. The molecule has 151 valence electrons. The van der Waals surface area contributed by atoms with Gasteiger partial charge in [-0.3, -0.25) is 0 Å². The highest BCUT2D eigenvalue weighted by Crippen LogP contribution is 2.38. The summed E-state index contributed by atoms with van der Waals surface area (Å²) >= 11 is 0. The number of hydrogen-bond donors (Lipinski definition) is 0. The average molecular weight is 398 g/mol. The van der Waals surface area contributed by atoms with Crippen molar-refractivity contribution in [2.45, 2.75) is 45.4 Å². The second kappa shape index (κ2) is 7.75. The maximum atomic E-state index is 6.99. The van der Waals surface area contributed by atoms with Gasteiger partial charge in [0, 0.05) is 12.0 Å². The molecular formula is C24H33O3Si. The molecule has 1 aliphatic rings. The van der Waals surface area contributed by atoms with E-state index >= 15 is 0 Å². The second-order valence-corrected chi connectivity index (χ2v) is 13.7. The smallest absolute Gasteiger partial charge is 0.261 e. The Bertz CT molecular complexity index is 716. The molecule has 0 atom stereocenters.